The number of hydrogen-bond acceptors (Lipinski definition) is 4. The summed E-state index contributed by atoms with van der Waals surface area (Å²) in [5.74, 6) is -0.845. The molecular weight excluding hydrogens is 366 g/mol. The zero-order valence-electron chi connectivity index (χ0n) is 16.1. The molecule has 2 atom stereocenters. The first kappa shape index (κ1) is 20.0. The van der Waals surface area contributed by atoms with Gasteiger partial charge in [0, 0.05) is 36.8 Å². The quantitative estimate of drug-likeness (QED) is 0.870. The Morgan fingerprint density at radius 1 is 1.14 bits per heavy atom. The van der Waals surface area contributed by atoms with Gasteiger partial charge < -0.3 is 10.6 Å². The highest BCUT2D eigenvalue weighted by Gasteiger charge is 2.33. The van der Waals surface area contributed by atoms with Crippen LogP contribution in [0.15, 0.2) is 41.2 Å². The van der Waals surface area contributed by atoms with Crippen LogP contribution in [-0.4, -0.2) is 47.6 Å². The van der Waals surface area contributed by atoms with Gasteiger partial charge in [0.25, 0.3) is 17.9 Å². The first-order valence-corrected chi connectivity index (χ1v) is 9.12. The molecule has 0 bridgehead atoms. The molecule has 3 rings (SSSR count). The minimum atomic E-state index is -2.98. The van der Waals surface area contributed by atoms with Gasteiger partial charge in [-0.3, -0.25) is 19.1 Å². The molecule has 0 spiro atoms. The van der Waals surface area contributed by atoms with Crippen molar-refractivity contribution in [2.45, 2.75) is 32.4 Å². The summed E-state index contributed by atoms with van der Waals surface area (Å²) in [6, 6.07) is 9.66. The van der Waals surface area contributed by atoms with Crippen LogP contribution < -0.4 is 16.2 Å². The molecule has 1 aliphatic rings. The van der Waals surface area contributed by atoms with Crippen molar-refractivity contribution in [2.75, 3.05) is 25.0 Å². The summed E-state index contributed by atoms with van der Waals surface area (Å²) in [6.45, 7) is 4.96. The molecule has 0 aliphatic carbocycles. The number of aromatic nitrogens is 1. The maximum atomic E-state index is 13.7. The number of para-hydroxylation sites is 1. The second-order valence-electron chi connectivity index (χ2n) is 7.24. The normalized spacial score (nSPS) is 20.6. The van der Waals surface area contributed by atoms with E-state index < -0.39 is 23.5 Å². The number of anilines is 1. The van der Waals surface area contributed by atoms with Crippen LogP contribution in [0.25, 0.3) is 5.69 Å². The van der Waals surface area contributed by atoms with Gasteiger partial charge in [0.2, 0.25) is 0 Å². The fourth-order valence-electron chi connectivity index (χ4n) is 3.74. The standard InChI is InChI=1S/C20H24F2N4O2/c1-12-10-25(11-13(2)24(12)3)20-17(19(23)28)15(18(21)22)9-16(27)26(20)14-7-5-4-6-8-14/h4-9,12-13,18H,10-11H2,1-3H3,(H2,23,28). The van der Waals surface area contributed by atoms with Crippen LogP contribution >= 0.6 is 0 Å². The number of piperazine rings is 1. The molecule has 2 heterocycles. The minimum Gasteiger partial charge on any atom is -0.365 e. The Morgan fingerprint density at radius 2 is 1.71 bits per heavy atom. The predicted octanol–water partition coefficient (Wildman–Crippen LogP) is 2.40. The van der Waals surface area contributed by atoms with E-state index in [1.807, 2.05) is 25.8 Å². The molecule has 1 aromatic carbocycles. The number of nitrogens with two attached hydrogens (primary N) is 1. The van der Waals surface area contributed by atoms with Crippen LogP contribution in [0.5, 0.6) is 0 Å². The van der Waals surface area contributed by atoms with Crippen molar-refractivity contribution >= 4 is 11.7 Å². The van der Waals surface area contributed by atoms with E-state index in [1.54, 1.807) is 30.3 Å². The summed E-state index contributed by atoms with van der Waals surface area (Å²) in [5, 5.41) is 0. The van der Waals surface area contributed by atoms with Crippen molar-refractivity contribution in [3.05, 3.63) is 57.9 Å². The van der Waals surface area contributed by atoms with Crippen molar-refractivity contribution in [1.29, 1.82) is 0 Å². The molecule has 2 N–H and O–H groups in total. The Labute approximate surface area is 162 Å². The van der Waals surface area contributed by atoms with E-state index in [0.717, 1.165) is 6.07 Å². The molecule has 28 heavy (non-hydrogen) atoms. The van der Waals surface area contributed by atoms with E-state index in [-0.39, 0.29) is 23.5 Å². The average Bonchev–Trinajstić information content (AvgIpc) is 2.65. The number of amides is 1. The van der Waals surface area contributed by atoms with E-state index in [1.165, 1.54) is 4.57 Å². The molecule has 6 nitrogen and oxygen atoms in total. The first-order valence-electron chi connectivity index (χ1n) is 9.12. The van der Waals surface area contributed by atoms with Crippen molar-refractivity contribution in [2.24, 2.45) is 5.73 Å². The molecule has 1 amide bonds. The van der Waals surface area contributed by atoms with Crippen molar-refractivity contribution in [3.63, 3.8) is 0 Å². The Balaban J connectivity index is 2.33. The Kier molecular flexibility index (Phi) is 5.51. The maximum absolute atomic E-state index is 13.7. The number of carbonyl (C=O) groups excluding carboxylic acids is 1. The monoisotopic (exact) mass is 390 g/mol. The Hall–Kier alpha value is -2.74. The third kappa shape index (κ3) is 3.52. The predicted molar refractivity (Wildman–Crippen MR) is 104 cm³/mol. The summed E-state index contributed by atoms with van der Waals surface area (Å²) in [5.41, 5.74) is 4.47. The van der Waals surface area contributed by atoms with Crippen LogP contribution in [0.1, 0.15) is 36.2 Å². The second kappa shape index (κ2) is 7.71. The van der Waals surface area contributed by atoms with Crippen LogP contribution in [0.4, 0.5) is 14.6 Å². The van der Waals surface area contributed by atoms with E-state index in [0.29, 0.717) is 18.8 Å². The third-order valence-corrected chi connectivity index (χ3v) is 5.38. The molecule has 0 saturated carbocycles. The highest BCUT2D eigenvalue weighted by Crippen LogP contribution is 2.32. The number of rotatable bonds is 4. The number of benzene rings is 1. The molecule has 2 unspecified atom stereocenters. The summed E-state index contributed by atoms with van der Waals surface area (Å²) in [6.07, 6.45) is -2.98. The highest BCUT2D eigenvalue weighted by molar-refractivity contribution is 6.00. The van der Waals surface area contributed by atoms with Crippen LogP contribution in [-0.2, 0) is 0 Å². The molecule has 150 valence electrons. The molecule has 1 saturated heterocycles. The molecule has 2 aromatic rings. The number of hydrogen-bond donors (Lipinski definition) is 1. The van der Waals surface area contributed by atoms with Crippen molar-refractivity contribution in [3.8, 4) is 5.69 Å². The lowest BCUT2D eigenvalue weighted by molar-refractivity contribution is 0.0984. The topological polar surface area (TPSA) is 71.6 Å². The molecule has 0 radical (unpaired) electrons. The van der Waals surface area contributed by atoms with E-state index in [4.69, 9.17) is 5.73 Å². The van der Waals surface area contributed by atoms with Crippen LogP contribution in [0, 0.1) is 0 Å². The lowest BCUT2D eigenvalue weighted by Crippen LogP contribution is -2.56. The molecule has 1 aromatic heterocycles. The van der Waals surface area contributed by atoms with Gasteiger partial charge in [-0.05, 0) is 33.0 Å². The number of carbonyl (C=O) groups is 1. The largest absolute Gasteiger partial charge is 0.365 e. The minimum absolute atomic E-state index is 0.0963. The summed E-state index contributed by atoms with van der Waals surface area (Å²) in [7, 11) is 1.99. The fourth-order valence-corrected chi connectivity index (χ4v) is 3.74. The second-order valence-corrected chi connectivity index (χ2v) is 7.24. The van der Waals surface area contributed by atoms with Gasteiger partial charge in [0.05, 0.1) is 11.3 Å². The van der Waals surface area contributed by atoms with Crippen LogP contribution in [0.2, 0.25) is 0 Å². The number of alkyl halides is 2. The van der Waals surface area contributed by atoms with Gasteiger partial charge in [0.1, 0.15) is 5.82 Å². The van der Waals surface area contributed by atoms with Gasteiger partial charge in [-0.1, -0.05) is 18.2 Å². The maximum Gasteiger partial charge on any atom is 0.264 e. The van der Waals surface area contributed by atoms with Gasteiger partial charge in [-0.15, -0.1) is 0 Å². The van der Waals surface area contributed by atoms with Gasteiger partial charge in [-0.25, -0.2) is 8.78 Å². The summed E-state index contributed by atoms with van der Waals surface area (Å²) < 4.78 is 28.7. The molecular formula is C20H24F2N4O2. The molecule has 1 fully saturated rings. The zero-order valence-corrected chi connectivity index (χ0v) is 16.1. The summed E-state index contributed by atoms with van der Waals surface area (Å²) >= 11 is 0. The number of pyridine rings is 1. The summed E-state index contributed by atoms with van der Waals surface area (Å²) in [4.78, 5) is 29.1. The molecule has 8 heteroatoms. The van der Waals surface area contributed by atoms with E-state index in [9.17, 15) is 18.4 Å². The Bertz CT molecular complexity index is 918. The fraction of sp³-hybridized carbons (Fsp3) is 0.400. The lowest BCUT2D eigenvalue weighted by Gasteiger charge is -2.44. The number of likely N-dealkylation sites (N-methyl/N-ethyl adjacent to an activating group) is 1. The molecule has 1 aliphatic heterocycles. The van der Waals surface area contributed by atoms with E-state index in [2.05, 4.69) is 4.90 Å². The van der Waals surface area contributed by atoms with Gasteiger partial charge >= 0.3 is 0 Å². The number of primary amides is 1. The van der Waals surface area contributed by atoms with Crippen molar-refractivity contribution in [1.82, 2.24) is 9.47 Å². The SMILES string of the molecule is CC1CN(c2c(C(N)=O)c(C(F)F)cc(=O)n2-c2ccccc2)CC(C)N1C. The smallest absolute Gasteiger partial charge is 0.264 e. The van der Waals surface area contributed by atoms with Gasteiger partial charge in [-0.2, -0.15) is 0 Å². The van der Waals surface area contributed by atoms with E-state index >= 15 is 0 Å². The highest BCUT2D eigenvalue weighted by atomic mass is 19.3. The lowest BCUT2D eigenvalue weighted by atomic mass is 10.0. The van der Waals surface area contributed by atoms with Gasteiger partial charge in [0.15, 0.2) is 0 Å². The van der Waals surface area contributed by atoms with Crippen LogP contribution in [0.3, 0.4) is 0 Å². The third-order valence-electron chi connectivity index (χ3n) is 5.38. The average molecular weight is 390 g/mol. The van der Waals surface area contributed by atoms with Crippen molar-refractivity contribution < 1.29 is 13.6 Å². The Morgan fingerprint density at radius 3 is 2.21 bits per heavy atom. The number of halogens is 2. The number of nitrogens with zero attached hydrogens (tertiary/aromatic N) is 3. The zero-order chi connectivity index (χ0) is 20.6. The first-order chi connectivity index (χ1) is 13.2.